The highest BCUT2D eigenvalue weighted by molar-refractivity contribution is 6.07. The summed E-state index contributed by atoms with van der Waals surface area (Å²) in [7, 11) is 1.50. The first kappa shape index (κ1) is 31.2. The van der Waals surface area contributed by atoms with E-state index in [1.54, 1.807) is 30.6 Å². The predicted octanol–water partition coefficient (Wildman–Crippen LogP) is 2.34. The minimum atomic E-state index is -0.972. The SMILES string of the molecule is CN1C(=O)N(C[C@H]2CCN2C(=O)OC(C)(C)C)C2(CC3(CCC(n4c(=O)c(C(=N)N)c(O)n(CC5CCC5)c4=O)CC3)C2)C1=O. The van der Waals surface area contributed by atoms with Crippen LogP contribution in [-0.4, -0.2) is 90.1 Å². The van der Waals surface area contributed by atoms with Gasteiger partial charge in [0.05, 0.1) is 6.04 Å². The summed E-state index contributed by atoms with van der Waals surface area (Å²) in [5.74, 6) is -1.13. The molecule has 45 heavy (non-hydrogen) atoms. The van der Waals surface area contributed by atoms with Crippen molar-refractivity contribution in [3.8, 4) is 5.88 Å². The van der Waals surface area contributed by atoms with Crippen LogP contribution >= 0.6 is 0 Å². The molecule has 0 aromatic carbocycles. The summed E-state index contributed by atoms with van der Waals surface area (Å²) in [4.78, 5) is 71.0. The zero-order valence-corrected chi connectivity index (χ0v) is 26.6. The number of aromatic hydroxyl groups is 1. The number of nitrogens with two attached hydrogens (primary N) is 1. The number of nitrogen functional groups attached to an aromatic ring is 1. The summed E-state index contributed by atoms with van der Waals surface area (Å²) in [5, 5.41) is 18.7. The molecule has 1 atom stereocenters. The van der Waals surface area contributed by atoms with E-state index >= 15 is 0 Å². The number of nitrogens with zero attached hydrogens (tertiary/aromatic N) is 5. The normalized spacial score (nSPS) is 30.0. The molecule has 14 nitrogen and oxygen atoms in total. The van der Waals surface area contributed by atoms with Gasteiger partial charge in [-0.2, -0.15) is 0 Å². The lowest BCUT2D eigenvalue weighted by atomic mass is 9.51. The fourth-order valence-electron chi connectivity index (χ4n) is 8.21. The zero-order valence-electron chi connectivity index (χ0n) is 26.6. The Kier molecular flexibility index (Phi) is 7.35. The molecule has 4 amide bonds. The van der Waals surface area contributed by atoms with Crippen molar-refractivity contribution in [1.82, 2.24) is 23.8 Å². The van der Waals surface area contributed by atoms with Crippen molar-refractivity contribution in [1.29, 1.82) is 5.41 Å². The Morgan fingerprint density at radius 3 is 2.20 bits per heavy atom. The van der Waals surface area contributed by atoms with Gasteiger partial charge < -0.3 is 25.4 Å². The van der Waals surface area contributed by atoms with Gasteiger partial charge in [0, 0.05) is 32.7 Å². The lowest BCUT2D eigenvalue weighted by Crippen LogP contribution is -2.67. The van der Waals surface area contributed by atoms with Gasteiger partial charge >= 0.3 is 17.8 Å². The van der Waals surface area contributed by atoms with Crippen molar-refractivity contribution < 1.29 is 24.2 Å². The average molecular weight is 628 g/mol. The van der Waals surface area contributed by atoms with Crippen molar-refractivity contribution in [2.75, 3.05) is 20.1 Å². The van der Waals surface area contributed by atoms with Crippen LogP contribution in [0.3, 0.4) is 0 Å². The number of aromatic nitrogens is 2. The third kappa shape index (κ3) is 5.00. The number of amides is 4. The highest BCUT2D eigenvalue weighted by Crippen LogP contribution is 2.62. The molecule has 1 aromatic rings. The van der Waals surface area contributed by atoms with Crippen molar-refractivity contribution >= 4 is 23.9 Å². The summed E-state index contributed by atoms with van der Waals surface area (Å²) < 4.78 is 7.90. The summed E-state index contributed by atoms with van der Waals surface area (Å²) in [6, 6.07) is -1.03. The van der Waals surface area contributed by atoms with Gasteiger partial charge in [0.25, 0.3) is 11.5 Å². The van der Waals surface area contributed by atoms with Gasteiger partial charge in [0.1, 0.15) is 22.5 Å². The number of ether oxygens (including phenoxy) is 1. The third-order valence-corrected chi connectivity index (χ3v) is 10.9. The molecule has 3 saturated carbocycles. The number of carbonyl (C=O) groups is 3. The molecule has 6 rings (SSSR count). The fourth-order valence-corrected chi connectivity index (χ4v) is 8.21. The summed E-state index contributed by atoms with van der Waals surface area (Å²) in [5.41, 5.74) is 2.18. The van der Waals surface area contributed by atoms with E-state index in [0.717, 1.165) is 19.3 Å². The highest BCUT2D eigenvalue weighted by Gasteiger charge is 2.68. The van der Waals surface area contributed by atoms with Crippen molar-refractivity contribution in [3.05, 3.63) is 26.4 Å². The van der Waals surface area contributed by atoms with Crippen LogP contribution in [0.15, 0.2) is 9.59 Å². The van der Waals surface area contributed by atoms with E-state index in [0.29, 0.717) is 51.5 Å². The number of carbonyl (C=O) groups excluding carboxylic acids is 3. The third-order valence-electron chi connectivity index (χ3n) is 10.9. The Morgan fingerprint density at radius 1 is 1.04 bits per heavy atom. The number of hydrogen-bond donors (Lipinski definition) is 3. The van der Waals surface area contributed by atoms with Crippen LogP contribution in [0.4, 0.5) is 9.59 Å². The Bertz CT molecular complexity index is 1550. The molecule has 0 radical (unpaired) electrons. The second kappa shape index (κ2) is 10.6. The van der Waals surface area contributed by atoms with Gasteiger partial charge in [-0.15, -0.1) is 0 Å². The Balaban J connectivity index is 1.18. The molecule has 2 aliphatic heterocycles. The lowest BCUT2D eigenvalue weighted by molar-refractivity contribution is -0.150. The Hall–Kier alpha value is -3.84. The van der Waals surface area contributed by atoms with E-state index in [9.17, 15) is 29.1 Å². The van der Waals surface area contributed by atoms with Crippen molar-refractivity contribution in [2.24, 2.45) is 17.1 Å². The van der Waals surface area contributed by atoms with Gasteiger partial charge in [0.15, 0.2) is 0 Å². The largest absolute Gasteiger partial charge is 0.494 e. The van der Waals surface area contributed by atoms with Crippen LogP contribution in [0, 0.1) is 16.7 Å². The summed E-state index contributed by atoms with van der Waals surface area (Å²) >= 11 is 0. The van der Waals surface area contributed by atoms with E-state index in [2.05, 4.69) is 0 Å². The molecule has 5 fully saturated rings. The average Bonchev–Trinajstić information content (AvgIpc) is 3.05. The molecule has 3 aliphatic carbocycles. The monoisotopic (exact) mass is 627 g/mol. The first-order chi connectivity index (χ1) is 21.1. The number of hydrogen-bond acceptors (Lipinski definition) is 8. The van der Waals surface area contributed by atoms with Crippen LogP contribution in [0.5, 0.6) is 5.88 Å². The maximum absolute atomic E-state index is 13.6. The van der Waals surface area contributed by atoms with E-state index in [-0.39, 0.29) is 48.0 Å². The zero-order chi connectivity index (χ0) is 32.6. The number of imide groups is 1. The van der Waals surface area contributed by atoms with Gasteiger partial charge in [0.2, 0.25) is 5.88 Å². The van der Waals surface area contributed by atoms with Gasteiger partial charge in [-0.05, 0) is 89.9 Å². The molecule has 2 saturated heterocycles. The van der Waals surface area contributed by atoms with Gasteiger partial charge in [-0.25, -0.2) is 14.4 Å². The molecular formula is C31H45N7O7. The van der Waals surface area contributed by atoms with E-state index in [4.69, 9.17) is 15.9 Å². The molecular weight excluding hydrogens is 582 g/mol. The number of nitrogens with one attached hydrogen (secondary N) is 1. The second-order valence-electron chi connectivity index (χ2n) is 15.0. The minimum absolute atomic E-state index is 0.226. The maximum atomic E-state index is 13.6. The van der Waals surface area contributed by atoms with Crippen LogP contribution in [0.25, 0.3) is 0 Å². The number of likely N-dealkylation sites (tertiary alicyclic amines) is 1. The molecule has 3 heterocycles. The van der Waals surface area contributed by atoms with Crippen LogP contribution < -0.4 is 17.0 Å². The lowest BCUT2D eigenvalue weighted by Gasteiger charge is -2.59. The van der Waals surface area contributed by atoms with E-state index < -0.39 is 46.2 Å². The predicted molar refractivity (Wildman–Crippen MR) is 163 cm³/mol. The molecule has 4 N–H and O–H groups in total. The Morgan fingerprint density at radius 2 is 1.69 bits per heavy atom. The van der Waals surface area contributed by atoms with E-state index in [1.807, 2.05) is 0 Å². The number of amidine groups is 1. The van der Waals surface area contributed by atoms with Gasteiger partial charge in [-0.3, -0.25) is 29.0 Å². The number of urea groups is 1. The molecule has 2 spiro atoms. The molecule has 0 bridgehead atoms. The molecule has 246 valence electrons. The van der Waals surface area contributed by atoms with Gasteiger partial charge in [-0.1, -0.05) is 6.42 Å². The molecule has 5 aliphatic rings. The second-order valence-corrected chi connectivity index (χ2v) is 15.0. The van der Waals surface area contributed by atoms with Crippen LogP contribution in [0.2, 0.25) is 0 Å². The summed E-state index contributed by atoms with van der Waals surface area (Å²) in [6.45, 7) is 6.48. The quantitative estimate of drug-likeness (QED) is 0.244. The number of likely N-dealkylation sites (N-methyl/N-ethyl adjacent to an activating group) is 1. The first-order valence-corrected chi connectivity index (χ1v) is 16.1. The maximum Gasteiger partial charge on any atom is 0.410 e. The van der Waals surface area contributed by atoms with E-state index in [1.165, 1.54) is 21.1 Å². The first-order valence-electron chi connectivity index (χ1n) is 16.1. The molecule has 0 unspecified atom stereocenters. The van der Waals surface area contributed by atoms with Crippen LogP contribution in [-0.2, 0) is 16.1 Å². The van der Waals surface area contributed by atoms with Crippen molar-refractivity contribution in [2.45, 2.75) is 115 Å². The van der Waals surface area contributed by atoms with Crippen molar-refractivity contribution in [3.63, 3.8) is 0 Å². The standard InChI is InChI=1S/C31H45N7O7/c1-29(2,3)45-28(44)35-13-10-20(35)15-37-26(42)34(4)25(41)31(37)16-30(17-31)11-8-19(9-12-30)38-24(40)21(22(32)33)23(39)36(27(38)43)14-18-6-5-7-18/h18-20,39H,5-17H2,1-4H3,(H3,32,33)/t19?,20-,30?,31?/m1/s1. The fraction of sp³-hybridized carbons (Fsp3) is 0.742. The topological polar surface area (TPSA) is 184 Å². The summed E-state index contributed by atoms with van der Waals surface area (Å²) in [6.07, 6.45) is 6.48. The van der Waals surface area contributed by atoms with Crippen LogP contribution in [0.1, 0.15) is 96.6 Å². The molecule has 1 aromatic heterocycles. The Labute approximate surface area is 261 Å². The smallest absolute Gasteiger partial charge is 0.410 e. The number of rotatable bonds is 6. The minimum Gasteiger partial charge on any atom is -0.494 e. The highest BCUT2D eigenvalue weighted by atomic mass is 16.6. The molecule has 14 heteroatoms.